The first kappa shape index (κ1) is 22.7. The van der Waals surface area contributed by atoms with E-state index in [1.807, 2.05) is 0 Å². The van der Waals surface area contributed by atoms with Crippen molar-refractivity contribution >= 4 is 6.08 Å². The summed E-state index contributed by atoms with van der Waals surface area (Å²) in [7, 11) is 1.72. The van der Waals surface area contributed by atoms with Crippen LogP contribution in [0.4, 0.5) is 0 Å². The van der Waals surface area contributed by atoms with Gasteiger partial charge in [0.05, 0.1) is 19.8 Å². The largest absolute Gasteiger partial charge is 0.494 e. The molecule has 0 radical (unpaired) electrons. The number of piperidine rings is 1. The van der Waals surface area contributed by atoms with Gasteiger partial charge in [-0.3, -0.25) is 0 Å². The summed E-state index contributed by atoms with van der Waals surface area (Å²) >= 11 is 0. The predicted octanol–water partition coefficient (Wildman–Crippen LogP) is 6.36. The molecule has 2 aliphatic rings. The van der Waals surface area contributed by atoms with E-state index in [9.17, 15) is 0 Å². The highest BCUT2D eigenvalue weighted by molar-refractivity contribution is 5.55. The number of benzene rings is 2. The zero-order chi connectivity index (χ0) is 22.2. The van der Waals surface area contributed by atoms with Gasteiger partial charge in [0.1, 0.15) is 5.75 Å². The molecule has 2 fully saturated rings. The molecule has 0 aromatic heterocycles. The van der Waals surface area contributed by atoms with Gasteiger partial charge in [0, 0.05) is 19.0 Å². The molecule has 32 heavy (non-hydrogen) atoms. The van der Waals surface area contributed by atoms with E-state index in [1.54, 1.807) is 7.11 Å². The summed E-state index contributed by atoms with van der Waals surface area (Å²) in [6, 6.07) is 14.9. The first-order valence-electron chi connectivity index (χ1n) is 12.2. The van der Waals surface area contributed by atoms with Gasteiger partial charge in [-0.15, -0.1) is 0 Å². The summed E-state index contributed by atoms with van der Waals surface area (Å²) in [5.41, 5.74) is 3.97. The molecule has 1 aliphatic heterocycles. The van der Waals surface area contributed by atoms with Gasteiger partial charge in [-0.05, 0) is 73.9 Å². The summed E-state index contributed by atoms with van der Waals surface area (Å²) in [6.07, 6.45) is 10.8. The Kier molecular flexibility index (Phi) is 8.11. The van der Waals surface area contributed by atoms with Crippen molar-refractivity contribution in [1.29, 1.82) is 0 Å². The molecule has 1 N–H and O–H groups in total. The minimum Gasteiger partial charge on any atom is -0.494 e. The standard InChI is InChI=1S/C28H37NO3/c1-3-4-15-31-25-12-9-21(10-13-25)16-22-17-24(20-29-19-22)23-11-14-27(30-2)28(18-23)32-26-7-5-6-8-26/h9-14,16,18,24,26,29H,3-8,15,17,19-20H2,1-2H3/t24-/m1/s1. The smallest absolute Gasteiger partial charge is 0.161 e. The highest BCUT2D eigenvalue weighted by Crippen LogP contribution is 2.36. The van der Waals surface area contributed by atoms with Gasteiger partial charge in [-0.1, -0.05) is 43.2 Å². The van der Waals surface area contributed by atoms with E-state index in [4.69, 9.17) is 14.2 Å². The van der Waals surface area contributed by atoms with Crippen molar-refractivity contribution in [3.63, 3.8) is 0 Å². The van der Waals surface area contributed by atoms with E-state index in [1.165, 1.54) is 29.5 Å². The Bertz CT molecular complexity index is 884. The molecule has 1 aliphatic carbocycles. The van der Waals surface area contributed by atoms with Gasteiger partial charge in [-0.2, -0.15) is 0 Å². The molecule has 2 aromatic rings. The van der Waals surface area contributed by atoms with Crippen LogP contribution in [0.15, 0.2) is 48.0 Å². The number of unbranched alkanes of at least 4 members (excludes halogenated alkanes) is 1. The number of nitrogens with one attached hydrogen (secondary N) is 1. The molecular formula is C28H37NO3. The normalized spacial score (nSPS) is 20.4. The molecule has 2 aromatic carbocycles. The van der Waals surface area contributed by atoms with Crippen molar-refractivity contribution in [3.05, 3.63) is 59.2 Å². The first-order valence-corrected chi connectivity index (χ1v) is 12.2. The highest BCUT2D eigenvalue weighted by atomic mass is 16.5. The van der Waals surface area contributed by atoms with Crippen LogP contribution < -0.4 is 19.5 Å². The fraction of sp³-hybridized carbons (Fsp3) is 0.500. The molecule has 4 nitrogen and oxygen atoms in total. The van der Waals surface area contributed by atoms with Crippen LogP contribution in [0.25, 0.3) is 6.08 Å². The van der Waals surface area contributed by atoms with E-state index in [-0.39, 0.29) is 0 Å². The van der Waals surface area contributed by atoms with Crippen molar-refractivity contribution in [2.24, 2.45) is 0 Å². The lowest BCUT2D eigenvalue weighted by atomic mass is 9.88. The van der Waals surface area contributed by atoms with Crippen molar-refractivity contribution in [1.82, 2.24) is 5.32 Å². The predicted molar refractivity (Wildman–Crippen MR) is 131 cm³/mol. The van der Waals surface area contributed by atoms with Gasteiger partial charge in [0.15, 0.2) is 11.5 Å². The van der Waals surface area contributed by atoms with Gasteiger partial charge in [0.25, 0.3) is 0 Å². The van der Waals surface area contributed by atoms with Crippen LogP contribution in [-0.4, -0.2) is 32.9 Å². The van der Waals surface area contributed by atoms with E-state index in [0.29, 0.717) is 12.0 Å². The molecule has 1 saturated heterocycles. The third-order valence-corrected chi connectivity index (χ3v) is 6.52. The Balaban J connectivity index is 1.43. The SMILES string of the molecule is CCCCOc1ccc(C=C2CNC[C@H](c3ccc(OC)c(OC4CCCC4)c3)C2)cc1. The molecule has 4 rings (SSSR count). The van der Waals surface area contributed by atoms with E-state index in [2.05, 4.69) is 60.8 Å². The Hall–Kier alpha value is -2.46. The lowest BCUT2D eigenvalue weighted by molar-refractivity contribution is 0.200. The van der Waals surface area contributed by atoms with Gasteiger partial charge >= 0.3 is 0 Å². The molecule has 172 valence electrons. The summed E-state index contributed by atoms with van der Waals surface area (Å²) in [4.78, 5) is 0. The Labute approximate surface area is 193 Å². The average Bonchev–Trinajstić information content (AvgIpc) is 3.34. The van der Waals surface area contributed by atoms with Crippen molar-refractivity contribution in [2.75, 3.05) is 26.8 Å². The monoisotopic (exact) mass is 435 g/mol. The lowest BCUT2D eigenvalue weighted by Crippen LogP contribution is -2.30. The molecule has 0 unspecified atom stereocenters. The zero-order valence-electron chi connectivity index (χ0n) is 19.6. The molecule has 1 heterocycles. The summed E-state index contributed by atoms with van der Waals surface area (Å²) in [6.45, 7) is 4.89. The second-order valence-corrected chi connectivity index (χ2v) is 9.04. The zero-order valence-corrected chi connectivity index (χ0v) is 19.6. The maximum Gasteiger partial charge on any atom is 0.161 e. The van der Waals surface area contributed by atoms with Crippen LogP contribution in [0.3, 0.4) is 0 Å². The molecule has 4 heteroatoms. The number of ether oxygens (including phenoxy) is 3. The molecule has 0 amide bonds. The Morgan fingerprint density at radius 3 is 2.59 bits per heavy atom. The number of hydrogen-bond acceptors (Lipinski definition) is 4. The third-order valence-electron chi connectivity index (χ3n) is 6.52. The fourth-order valence-corrected chi connectivity index (χ4v) is 4.67. The van der Waals surface area contributed by atoms with Crippen molar-refractivity contribution in [3.8, 4) is 17.2 Å². The van der Waals surface area contributed by atoms with Gasteiger partial charge < -0.3 is 19.5 Å². The molecular weight excluding hydrogens is 398 g/mol. The van der Waals surface area contributed by atoms with E-state index < -0.39 is 0 Å². The maximum absolute atomic E-state index is 6.33. The van der Waals surface area contributed by atoms with E-state index >= 15 is 0 Å². The summed E-state index contributed by atoms with van der Waals surface area (Å²) < 4.78 is 17.7. The minimum atomic E-state index is 0.327. The Morgan fingerprint density at radius 2 is 1.84 bits per heavy atom. The highest BCUT2D eigenvalue weighted by Gasteiger charge is 2.22. The molecule has 1 saturated carbocycles. The first-order chi connectivity index (χ1) is 15.7. The van der Waals surface area contributed by atoms with Gasteiger partial charge in [0.2, 0.25) is 0 Å². The second kappa shape index (κ2) is 11.4. The maximum atomic E-state index is 6.33. The second-order valence-electron chi connectivity index (χ2n) is 9.04. The third kappa shape index (κ3) is 6.07. The molecule has 1 atom stereocenters. The summed E-state index contributed by atoms with van der Waals surface area (Å²) in [5.74, 6) is 3.12. The van der Waals surface area contributed by atoms with Crippen LogP contribution in [0, 0.1) is 0 Å². The van der Waals surface area contributed by atoms with Crippen LogP contribution in [0.1, 0.15) is 68.9 Å². The minimum absolute atomic E-state index is 0.327. The Morgan fingerprint density at radius 1 is 1.03 bits per heavy atom. The van der Waals surface area contributed by atoms with Crippen molar-refractivity contribution in [2.45, 2.75) is 63.9 Å². The number of hydrogen-bond donors (Lipinski definition) is 1. The lowest BCUT2D eigenvalue weighted by Gasteiger charge is -2.27. The topological polar surface area (TPSA) is 39.7 Å². The quantitative estimate of drug-likeness (QED) is 0.466. The molecule has 0 spiro atoms. The van der Waals surface area contributed by atoms with Crippen LogP contribution in [0.2, 0.25) is 0 Å². The number of methoxy groups -OCH3 is 1. The molecule has 0 bridgehead atoms. The number of rotatable bonds is 9. The fourth-order valence-electron chi connectivity index (χ4n) is 4.67. The van der Waals surface area contributed by atoms with Crippen LogP contribution >= 0.6 is 0 Å². The van der Waals surface area contributed by atoms with Crippen LogP contribution in [-0.2, 0) is 0 Å². The van der Waals surface area contributed by atoms with Crippen molar-refractivity contribution < 1.29 is 14.2 Å². The van der Waals surface area contributed by atoms with E-state index in [0.717, 1.165) is 69.0 Å². The summed E-state index contributed by atoms with van der Waals surface area (Å²) in [5, 5.41) is 3.61. The van der Waals surface area contributed by atoms with Crippen LogP contribution in [0.5, 0.6) is 17.2 Å². The van der Waals surface area contributed by atoms with Gasteiger partial charge in [-0.25, -0.2) is 0 Å². The average molecular weight is 436 g/mol.